The fraction of sp³-hybridized carbons (Fsp3) is 0.524. The van der Waals surface area contributed by atoms with Crippen LogP contribution in [0.4, 0.5) is 0 Å². The minimum Gasteiger partial charge on any atom is -0.337 e. The first-order valence-corrected chi connectivity index (χ1v) is 10.4. The predicted octanol–water partition coefficient (Wildman–Crippen LogP) is 3.45. The zero-order chi connectivity index (χ0) is 18.9. The topological polar surface area (TPSA) is 68.3 Å². The van der Waals surface area contributed by atoms with Gasteiger partial charge in [0, 0.05) is 37.6 Å². The lowest BCUT2D eigenvalue weighted by atomic mass is 9.87. The Labute approximate surface area is 164 Å². The Balaban J connectivity index is 1.22. The highest BCUT2D eigenvalue weighted by Crippen LogP contribution is 2.32. The Bertz CT molecular complexity index is 929. The van der Waals surface area contributed by atoms with Gasteiger partial charge in [0.2, 0.25) is 0 Å². The number of likely N-dealkylation sites (tertiary alicyclic amines) is 1. The fourth-order valence-corrected chi connectivity index (χ4v) is 4.59. The number of aromatic nitrogens is 5. The molecule has 0 spiro atoms. The summed E-state index contributed by atoms with van der Waals surface area (Å²) in [5, 5.41) is 8.88. The van der Waals surface area contributed by atoms with Crippen LogP contribution >= 0.6 is 0 Å². The molecule has 0 aromatic carbocycles. The van der Waals surface area contributed by atoms with Crippen LogP contribution in [0.25, 0.3) is 5.65 Å². The summed E-state index contributed by atoms with van der Waals surface area (Å²) in [4.78, 5) is 19.2. The van der Waals surface area contributed by atoms with Crippen LogP contribution in [0.1, 0.15) is 73.1 Å². The lowest BCUT2D eigenvalue weighted by Gasteiger charge is -2.31. The summed E-state index contributed by atoms with van der Waals surface area (Å²) in [5.41, 5.74) is 2.48. The second kappa shape index (κ2) is 7.37. The number of imidazole rings is 1. The minimum atomic E-state index is 0.0173. The lowest BCUT2D eigenvalue weighted by molar-refractivity contribution is 0.0684. The molecule has 2 fully saturated rings. The van der Waals surface area contributed by atoms with Gasteiger partial charge >= 0.3 is 0 Å². The van der Waals surface area contributed by atoms with E-state index < -0.39 is 0 Å². The van der Waals surface area contributed by atoms with Crippen molar-refractivity contribution in [3.63, 3.8) is 0 Å². The molecular weight excluding hydrogens is 352 g/mol. The van der Waals surface area contributed by atoms with Gasteiger partial charge in [-0.25, -0.2) is 9.67 Å². The van der Waals surface area contributed by atoms with E-state index in [1.807, 2.05) is 44.6 Å². The van der Waals surface area contributed by atoms with E-state index in [2.05, 4.69) is 21.5 Å². The van der Waals surface area contributed by atoms with Gasteiger partial charge in [0.05, 0.1) is 11.7 Å². The number of rotatable bonds is 3. The molecule has 7 heteroatoms. The van der Waals surface area contributed by atoms with Crippen molar-refractivity contribution in [2.75, 3.05) is 13.1 Å². The number of piperidine rings is 1. The maximum Gasteiger partial charge on any atom is 0.274 e. The molecule has 1 aliphatic carbocycles. The van der Waals surface area contributed by atoms with Gasteiger partial charge in [0.15, 0.2) is 0 Å². The third-order valence-corrected chi connectivity index (χ3v) is 6.26. The summed E-state index contributed by atoms with van der Waals surface area (Å²) < 4.78 is 3.93. The van der Waals surface area contributed by atoms with Gasteiger partial charge < -0.3 is 9.30 Å². The molecule has 4 heterocycles. The maximum atomic E-state index is 12.8. The molecule has 0 N–H and O–H groups in total. The number of pyridine rings is 1. The zero-order valence-electron chi connectivity index (χ0n) is 16.1. The van der Waals surface area contributed by atoms with Crippen LogP contribution in [-0.2, 0) is 0 Å². The number of amides is 1. The summed E-state index contributed by atoms with van der Waals surface area (Å²) >= 11 is 0. The number of hydrogen-bond acceptors (Lipinski definition) is 4. The first-order valence-electron chi connectivity index (χ1n) is 10.4. The highest BCUT2D eigenvalue weighted by Gasteiger charge is 2.27. The van der Waals surface area contributed by atoms with Gasteiger partial charge in [0.1, 0.15) is 11.3 Å². The number of fused-ring (bicyclic) bond motifs is 1. The molecule has 0 bridgehead atoms. The second-order valence-electron chi connectivity index (χ2n) is 8.07. The van der Waals surface area contributed by atoms with E-state index in [1.165, 1.54) is 32.1 Å². The van der Waals surface area contributed by atoms with Gasteiger partial charge in [0.25, 0.3) is 5.91 Å². The molecule has 2 aliphatic rings. The van der Waals surface area contributed by atoms with E-state index in [-0.39, 0.29) is 5.91 Å². The van der Waals surface area contributed by atoms with Crippen molar-refractivity contribution in [2.24, 2.45) is 0 Å². The van der Waals surface area contributed by atoms with Crippen molar-refractivity contribution in [1.29, 1.82) is 0 Å². The van der Waals surface area contributed by atoms with Crippen molar-refractivity contribution in [1.82, 2.24) is 29.3 Å². The standard InChI is InChI=1S/C21H26N6O/c28-21(19-14-26-11-5-4-8-20(26)22-19)25-12-9-17(10-13-25)27-15-18(23-24-27)16-6-2-1-3-7-16/h4-5,8,11,14-17H,1-3,6-7,9-10,12-13H2. The Hall–Kier alpha value is -2.70. The lowest BCUT2D eigenvalue weighted by Crippen LogP contribution is -2.39. The molecule has 0 unspecified atom stereocenters. The smallest absolute Gasteiger partial charge is 0.274 e. The van der Waals surface area contributed by atoms with E-state index >= 15 is 0 Å². The monoisotopic (exact) mass is 378 g/mol. The Kier molecular flexibility index (Phi) is 4.58. The quantitative estimate of drug-likeness (QED) is 0.700. The van der Waals surface area contributed by atoms with E-state index in [4.69, 9.17) is 0 Å². The summed E-state index contributed by atoms with van der Waals surface area (Å²) in [5.74, 6) is 0.600. The van der Waals surface area contributed by atoms with Gasteiger partial charge in [-0.3, -0.25) is 4.79 Å². The summed E-state index contributed by atoms with van der Waals surface area (Å²) in [6.45, 7) is 1.46. The van der Waals surface area contributed by atoms with E-state index in [9.17, 15) is 4.79 Å². The number of carbonyl (C=O) groups is 1. The molecule has 3 aromatic rings. The molecule has 0 radical (unpaired) electrons. The van der Waals surface area contributed by atoms with E-state index in [1.54, 1.807) is 0 Å². The number of carbonyl (C=O) groups excluding carboxylic acids is 1. The van der Waals surface area contributed by atoms with Gasteiger partial charge in [-0.15, -0.1) is 5.10 Å². The number of nitrogens with zero attached hydrogens (tertiary/aromatic N) is 6. The third kappa shape index (κ3) is 3.30. The Morgan fingerprint density at radius 3 is 2.61 bits per heavy atom. The van der Waals surface area contributed by atoms with Gasteiger partial charge in [-0.05, 0) is 37.8 Å². The highest BCUT2D eigenvalue weighted by molar-refractivity contribution is 5.93. The highest BCUT2D eigenvalue weighted by atomic mass is 16.2. The molecule has 0 atom stereocenters. The molecule has 28 heavy (non-hydrogen) atoms. The van der Waals surface area contributed by atoms with E-state index in [0.717, 1.165) is 37.3 Å². The van der Waals surface area contributed by atoms with Gasteiger partial charge in [-0.2, -0.15) is 0 Å². The van der Waals surface area contributed by atoms with Crippen molar-refractivity contribution >= 4 is 11.6 Å². The van der Waals surface area contributed by atoms with Crippen LogP contribution in [0.5, 0.6) is 0 Å². The zero-order valence-corrected chi connectivity index (χ0v) is 16.1. The predicted molar refractivity (Wildman–Crippen MR) is 105 cm³/mol. The molecule has 7 nitrogen and oxygen atoms in total. The molecule has 1 amide bonds. The van der Waals surface area contributed by atoms with Crippen LogP contribution in [0.2, 0.25) is 0 Å². The molecule has 3 aromatic heterocycles. The largest absolute Gasteiger partial charge is 0.337 e. The summed E-state index contributed by atoms with van der Waals surface area (Å²) in [7, 11) is 0. The average molecular weight is 378 g/mol. The Morgan fingerprint density at radius 2 is 1.82 bits per heavy atom. The van der Waals surface area contributed by atoms with Crippen LogP contribution in [0.3, 0.4) is 0 Å². The van der Waals surface area contributed by atoms with Crippen LogP contribution in [0.15, 0.2) is 36.8 Å². The fourth-order valence-electron chi connectivity index (χ4n) is 4.59. The van der Waals surface area contributed by atoms with Crippen LogP contribution < -0.4 is 0 Å². The molecule has 1 saturated carbocycles. The van der Waals surface area contributed by atoms with Crippen molar-refractivity contribution < 1.29 is 4.79 Å². The van der Waals surface area contributed by atoms with Crippen LogP contribution in [-0.4, -0.2) is 48.3 Å². The molecule has 5 rings (SSSR count). The van der Waals surface area contributed by atoms with Crippen molar-refractivity contribution in [3.05, 3.63) is 48.2 Å². The van der Waals surface area contributed by atoms with E-state index in [0.29, 0.717) is 17.7 Å². The van der Waals surface area contributed by atoms with Crippen molar-refractivity contribution in [2.45, 2.75) is 56.9 Å². The first kappa shape index (κ1) is 17.4. The second-order valence-corrected chi connectivity index (χ2v) is 8.07. The molecular formula is C21H26N6O. The number of hydrogen-bond donors (Lipinski definition) is 0. The van der Waals surface area contributed by atoms with Crippen LogP contribution in [0, 0.1) is 0 Å². The average Bonchev–Trinajstić information content (AvgIpc) is 3.41. The first-order chi connectivity index (χ1) is 13.8. The molecule has 146 valence electrons. The Morgan fingerprint density at radius 1 is 1.00 bits per heavy atom. The SMILES string of the molecule is O=C(c1cn2ccccc2n1)N1CCC(n2cc(C3CCCCC3)nn2)CC1. The third-order valence-electron chi connectivity index (χ3n) is 6.26. The van der Waals surface area contributed by atoms with Crippen molar-refractivity contribution in [3.8, 4) is 0 Å². The normalized spacial score (nSPS) is 19.4. The molecule has 1 saturated heterocycles. The maximum absolute atomic E-state index is 12.8. The summed E-state index contributed by atoms with van der Waals surface area (Å²) in [6.07, 6.45) is 14.2. The molecule has 1 aliphatic heterocycles. The summed E-state index contributed by atoms with van der Waals surface area (Å²) in [6, 6.07) is 6.11. The van der Waals surface area contributed by atoms with Gasteiger partial charge in [-0.1, -0.05) is 30.5 Å². The minimum absolute atomic E-state index is 0.0173.